The molecule has 1 aliphatic heterocycles. The van der Waals surface area contributed by atoms with E-state index >= 15 is 0 Å². The number of nitrogens with zero attached hydrogens (tertiary/aromatic N) is 2. The molecule has 4 nitrogen and oxygen atoms in total. The summed E-state index contributed by atoms with van der Waals surface area (Å²) in [7, 11) is 2.03. The number of imide groups is 1. The van der Waals surface area contributed by atoms with Crippen molar-refractivity contribution in [3.63, 3.8) is 0 Å². The molecule has 3 rings (SSSR count). The van der Waals surface area contributed by atoms with E-state index in [2.05, 4.69) is 4.90 Å². The standard InChI is InChI=1S/C19H21ClN2O2/c1-21(11-4-10-20)12-5-13-22-18(23)15-8-2-6-14-7-3-9-16(17(14)15)19(22)24/h2-3,6-9H,4-5,10-13H2,1H3. The van der Waals surface area contributed by atoms with E-state index in [1.54, 1.807) is 12.1 Å². The first-order valence-corrected chi connectivity index (χ1v) is 8.79. The fraction of sp³-hybridized carbons (Fsp3) is 0.368. The summed E-state index contributed by atoms with van der Waals surface area (Å²) in [4.78, 5) is 29.0. The third-order valence-corrected chi connectivity index (χ3v) is 4.72. The smallest absolute Gasteiger partial charge is 0.261 e. The predicted molar refractivity (Wildman–Crippen MR) is 96.8 cm³/mol. The highest BCUT2D eigenvalue weighted by molar-refractivity contribution is 6.25. The second-order valence-corrected chi connectivity index (χ2v) is 6.55. The molecule has 0 aromatic heterocycles. The van der Waals surface area contributed by atoms with E-state index in [0.717, 1.165) is 36.7 Å². The van der Waals surface area contributed by atoms with Crippen molar-refractivity contribution in [1.29, 1.82) is 0 Å². The summed E-state index contributed by atoms with van der Waals surface area (Å²) in [5.41, 5.74) is 1.25. The van der Waals surface area contributed by atoms with Gasteiger partial charge >= 0.3 is 0 Å². The maximum absolute atomic E-state index is 12.7. The van der Waals surface area contributed by atoms with Gasteiger partial charge in [0.25, 0.3) is 11.8 Å². The average molecular weight is 345 g/mol. The molecular weight excluding hydrogens is 324 g/mol. The summed E-state index contributed by atoms with van der Waals surface area (Å²) in [6.07, 6.45) is 1.70. The quantitative estimate of drug-likeness (QED) is 0.571. The zero-order chi connectivity index (χ0) is 17.1. The van der Waals surface area contributed by atoms with E-state index in [-0.39, 0.29) is 11.8 Å². The number of halogens is 1. The molecule has 0 bridgehead atoms. The van der Waals surface area contributed by atoms with Crippen LogP contribution in [0.1, 0.15) is 33.6 Å². The lowest BCUT2D eigenvalue weighted by molar-refractivity contribution is 0.0605. The lowest BCUT2D eigenvalue weighted by Gasteiger charge is -2.27. The van der Waals surface area contributed by atoms with E-state index in [1.165, 1.54) is 4.90 Å². The Balaban J connectivity index is 1.75. The van der Waals surface area contributed by atoms with E-state index in [0.29, 0.717) is 23.6 Å². The van der Waals surface area contributed by atoms with Gasteiger partial charge in [0.15, 0.2) is 0 Å². The highest BCUT2D eigenvalue weighted by Crippen LogP contribution is 2.29. The normalized spacial score (nSPS) is 14.0. The molecule has 0 saturated carbocycles. The molecule has 0 unspecified atom stereocenters. The van der Waals surface area contributed by atoms with E-state index < -0.39 is 0 Å². The van der Waals surface area contributed by atoms with Gasteiger partial charge in [-0.2, -0.15) is 0 Å². The molecule has 2 aromatic rings. The minimum atomic E-state index is -0.187. The first kappa shape index (κ1) is 16.9. The Bertz CT molecular complexity index is 724. The van der Waals surface area contributed by atoms with Gasteiger partial charge < -0.3 is 4.90 Å². The molecule has 24 heavy (non-hydrogen) atoms. The van der Waals surface area contributed by atoms with Gasteiger partial charge in [0.2, 0.25) is 0 Å². The van der Waals surface area contributed by atoms with Crippen molar-refractivity contribution >= 4 is 34.2 Å². The highest BCUT2D eigenvalue weighted by atomic mass is 35.5. The van der Waals surface area contributed by atoms with Crippen molar-refractivity contribution in [1.82, 2.24) is 9.80 Å². The third kappa shape index (κ3) is 3.17. The Morgan fingerprint density at radius 2 is 1.54 bits per heavy atom. The van der Waals surface area contributed by atoms with Crippen LogP contribution in [0.15, 0.2) is 36.4 Å². The number of hydrogen-bond donors (Lipinski definition) is 0. The molecule has 0 spiro atoms. The number of hydrogen-bond acceptors (Lipinski definition) is 3. The van der Waals surface area contributed by atoms with Crippen LogP contribution in [0.2, 0.25) is 0 Å². The molecule has 126 valence electrons. The summed E-state index contributed by atoms with van der Waals surface area (Å²) < 4.78 is 0. The first-order chi connectivity index (χ1) is 11.6. The van der Waals surface area contributed by atoms with Crippen molar-refractivity contribution in [3.05, 3.63) is 47.5 Å². The van der Waals surface area contributed by atoms with Crippen molar-refractivity contribution in [3.8, 4) is 0 Å². The monoisotopic (exact) mass is 344 g/mol. The van der Waals surface area contributed by atoms with Crippen LogP contribution in [0, 0.1) is 0 Å². The fourth-order valence-electron chi connectivity index (χ4n) is 3.22. The van der Waals surface area contributed by atoms with E-state index in [9.17, 15) is 9.59 Å². The fourth-order valence-corrected chi connectivity index (χ4v) is 3.34. The Morgan fingerprint density at radius 1 is 0.958 bits per heavy atom. The van der Waals surface area contributed by atoms with Gasteiger partial charge in [-0.15, -0.1) is 11.6 Å². The molecule has 0 saturated heterocycles. The molecule has 2 aromatic carbocycles. The van der Waals surface area contributed by atoms with E-state index in [4.69, 9.17) is 11.6 Å². The second-order valence-electron chi connectivity index (χ2n) is 6.17. The van der Waals surface area contributed by atoms with Crippen LogP contribution in [0.5, 0.6) is 0 Å². The molecule has 1 aliphatic rings. The average Bonchev–Trinajstić information content (AvgIpc) is 2.60. The van der Waals surface area contributed by atoms with Gasteiger partial charge in [0, 0.05) is 28.9 Å². The van der Waals surface area contributed by atoms with Gasteiger partial charge in [0.1, 0.15) is 0 Å². The van der Waals surface area contributed by atoms with Crippen LogP contribution in [0.4, 0.5) is 0 Å². The third-order valence-electron chi connectivity index (χ3n) is 4.45. The van der Waals surface area contributed by atoms with Gasteiger partial charge in [0.05, 0.1) is 0 Å². The maximum Gasteiger partial charge on any atom is 0.261 e. The molecule has 0 fully saturated rings. The van der Waals surface area contributed by atoms with E-state index in [1.807, 2.05) is 31.3 Å². The van der Waals surface area contributed by atoms with Crippen LogP contribution < -0.4 is 0 Å². The van der Waals surface area contributed by atoms with Crippen LogP contribution >= 0.6 is 11.6 Å². The number of carbonyl (C=O) groups is 2. The molecule has 0 N–H and O–H groups in total. The van der Waals surface area contributed by atoms with Crippen LogP contribution in [0.25, 0.3) is 10.8 Å². The van der Waals surface area contributed by atoms with Crippen LogP contribution in [-0.2, 0) is 0 Å². The maximum atomic E-state index is 12.7. The lowest BCUT2D eigenvalue weighted by Crippen LogP contribution is -2.41. The Morgan fingerprint density at radius 3 is 2.12 bits per heavy atom. The summed E-state index contributed by atoms with van der Waals surface area (Å²) >= 11 is 5.70. The van der Waals surface area contributed by atoms with Crippen LogP contribution in [0.3, 0.4) is 0 Å². The molecule has 0 aliphatic carbocycles. The first-order valence-electron chi connectivity index (χ1n) is 8.26. The highest BCUT2D eigenvalue weighted by Gasteiger charge is 2.32. The van der Waals surface area contributed by atoms with Crippen molar-refractivity contribution in [2.45, 2.75) is 12.8 Å². The molecule has 0 radical (unpaired) electrons. The largest absolute Gasteiger partial charge is 0.306 e. The molecule has 1 heterocycles. The summed E-state index contributed by atoms with van der Waals surface area (Å²) in [6, 6.07) is 11.2. The predicted octanol–water partition coefficient (Wildman–Crippen LogP) is 3.39. The zero-order valence-electron chi connectivity index (χ0n) is 13.8. The molecule has 5 heteroatoms. The molecule has 0 atom stereocenters. The number of rotatable bonds is 7. The SMILES string of the molecule is CN(CCCCl)CCCN1C(=O)c2cccc3cccc(c23)C1=O. The van der Waals surface area contributed by atoms with Crippen molar-refractivity contribution in [2.75, 3.05) is 32.6 Å². The number of alkyl halides is 1. The van der Waals surface area contributed by atoms with Gasteiger partial charge in [-0.05, 0) is 50.5 Å². The number of benzene rings is 2. The summed E-state index contributed by atoms with van der Waals surface area (Å²) in [5.74, 6) is 0.272. The Kier molecular flexibility index (Phi) is 5.17. The number of carbonyl (C=O) groups excluding carboxylic acids is 2. The lowest BCUT2D eigenvalue weighted by atomic mass is 9.94. The Labute approximate surface area is 147 Å². The topological polar surface area (TPSA) is 40.6 Å². The van der Waals surface area contributed by atoms with Gasteiger partial charge in [-0.25, -0.2) is 0 Å². The zero-order valence-corrected chi connectivity index (χ0v) is 14.6. The second kappa shape index (κ2) is 7.32. The Hall–Kier alpha value is -1.91. The van der Waals surface area contributed by atoms with Crippen LogP contribution in [-0.4, -0.2) is 54.2 Å². The summed E-state index contributed by atoms with van der Waals surface area (Å²) in [6.45, 7) is 2.20. The molecule has 2 amide bonds. The molecular formula is C19H21ClN2O2. The summed E-state index contributed by atoms with van der Waals surface area (Å²) in [5, 5.41) is 1.72. The van der Waals surface area contributed by atoms with Gasteiger partial charge in [-0.3, -0.25) is 14.5 Å². The van der Waals surface area contributed by atoms with Gasteiger partial charge in [-0.1, -0.05) is 24.3 Å². The van der Waals surface area contributed by atoms with Crippen molar-refractivity contribution in [2.24, 2.45) is 0 Å². The number of amides is 2. The minimum Gasteiger partial charge on any atom is -0.306 e. The van der Waals surface area contributed by atoms with Crippen molar-refractivity contribution < 1.29 is 9.59 Å². The minimum absolute atomic E-state index is 0.187.